The summed E-state index contributed by atoms with van der Waals surface area (Å²) in [6.45, 7) is 2.66. The lowest BCUT2D eigenvalue weighted by molar-refractivity contribution is 0.773. The van der Waals surface area contributed by atoms with Gasteiger partial charge in [0.2, 0.25) is 0 Å². The third kappa shape index (κ3) is 2.28. The van der Waals surface area contributed by atoms with Crippen LogP contribution in [-0.4, -0.2) is 14.5 Å². The van der Waals surface area contributed by atoms with Crippen LogP contribution in [0.4, 0.5) is 0 Å². The monoisotopic (exact) mass is 302 g/mol. The zero-order valence-corrected chi connectivity index (χ0v) is 12.4. The van der Waals surface area contributed by atoms with Gasteiger partial charge in [0.25, 0.3) is 0 Å². The molecular weight excluding hydrogens is 292 g/mol. The van der Waals surface area contributed by atoms with Gasteiger partial charge < -0.3 is 4.57 Å². The standard InChI is InChI=1S/C14H11ClN4S/c1-9-7-17-14(20-9)8-19-12-4-10(6-16)2-3-11(12)18-13(19)5-15/h2-4,7H,5,8H2,1H3. The smallest absolute Gasteiger partial charge is 0.125 e. The number of imidazole rings is 1. The van der Waals surface area contributed by atoms with Gasteiger partial charge >= 0.3 is 0 Å². The fraction of sp³-hybridized carbons (Fsp3) is 0.214. The molecule has 0 bridgehead atoms. The van der Waals surface area contributed by atoms with Crippen molar-refractivity contribution in [3.05, 3.63) is 45.7 Å². The van der Waals surface area contributed by atoms with Crippen LogP contribution in [0.25, 0.3) is 11.0 Å². The Morgan fingerprint density at radius 1 is 1.45 bits per heavy atom. The Bertz CT molecular complexity index is 812. The van der Waals surface area contributed by atoms with Gasteiger partial charge in [0.15, 0.2) is 0 Å². The van der Waals surface area contributed by atoms with E-state index in [1.165, 1.54) is 4.88 Å². The number of aromatic nitrogens is 3. The zero-order chi connectivity index (χ0) is 14.1. The Balaban J connectivity index is 2.13. The van der Waals surface area contributed by atoms with Crippen molar-refractivity contribution >= 4 is 34.0 Å². The van der Waals surface area contributed by atoms with Crippen molar-refractivity contribution in [3.8, 4) is 6.07 Å². The molecule has 6 heteroatoms. The second-order valence-electron chi connectivity index (χ2n) is 4.43. The van der Waals surface area contributed by atoms with Crippen LogP contribution in [0.5, 0.6) is 0 Å². The van der Waals surface area contributed by atoms with Gasteiger partial charge in [0.05, 0.1) is 35.1 Å². The van der Waals surface area contributed by atoms with Gasteiger partial charge in [-0.25, -0.2) is 9.97 Å². The van der Waals surface area contributed by atoms with E-state index in [4.69, 9.17) is 16.9 Å². The van der Waals surface area contributed by atoms with E-state index >= 15 is 0 Å². The highest BCUT2D eigenvalue weighted by Gasteiger charge is 2.12. The predicted octanol–water partition coefficient (Wildman–Crippen LogP) is 3.46. The number of rotatable bonds is 3. The Labute approximate surface area is 125 Å². The molecule has 2 heterocycles. The van der Waals surface area contributed by atoms with Crippen molar-refractivity contribution in [2.45, 2.75) is 19.3 Å². The van der Waals surface area contributed by atoms with Crippen LogP contribution in [0, 0.1) is 18.3 Å². The highest BCUT2D eigenvalue weighted by molar-refractivity contribution is 7.11. The number of hydrogen-bond acceptors (Lipinski definition) is 4. The first-order chi connectivity index (χ1) is 9.71. The fourth-order valence-electron chi connectivity index (χ4n) is 2.13. The molecular formula is C14H11ClN4S. The van der Waals surface area contributed by atoms with Crippen LogP contribution in [0.3, 0.4) is 0 Å². The molecule has 0 atom stereocenters. The molecule has 0 radical (unpaired) electrons. The molecule has 0 aliphatic heterocycles. The molecule has 0 amide bonds. The lowest BCUT2D eigenvalue weighted by Crippen LogP contribution is -2.03. The third-order valence-electron chi connectivity index (χ3n) is 3.04. The second-order valence-corrected chi connectivity index (χ2v) is 6.01. The molecule has 4 nitrogen and oxygen atoms in total. The van der Waals surface area contributed by atoms with Crippen LogP contribution in [-0.2, 0) is 12.4 Å². The van der Waals surface area contributed by atoms with Gasteiger partial charge in [-0.1, -0.05) is 0 Å². The van der Waals surface area contributed by atoms with E-state index in [0.717, 1.165) is 21.9 Å². The van der Waals surface area contributed by atoms with E-state index in [9.17, 15) is 0 Å². The Hall–Kier alpha value is -1.90. The summed E-state index contributed by atoms with van der Waals surface area (Å²) >= 11 is 7.64. The number of halogens is 1. The van der Waals surface area contributed by atoms with Crippen molar-refractivity contribution in [1.82, 2.24) is 14.5 Å². The first kappa shape index (κ1) is 13.1. The maximum absolute atomic E-state index is 9.03. The van der Waals surface area contributed by atoms with Crippen molar-refractivity contribution < 1.29 is 0 Å². The maximum atomic E-state index is 9.03. The zero-order valence-electron chi connectivity index (χ0n) is 10.8. The number of benzene rings is 1. The number of aryl methyl sites for hydroxylation is 1. The van der Waals surface area contributed by atoms with Crippen LogP contribution in [0.2, 0.25) is 0 Å². The fourth-order valence-corrected chi connectivity index (χ4v) is 3.11. The molecule has 0 aliphatic rings. The average Bonchev–Trinajstić information content (AvgIpc) is 3.03. The summed E-state index contributed by atoms with van der Waals surface area (Å²) in [5.41, 5.74) is 2.40. The van der Waals surface area contributed by atoms with E-state index in [0.29, 0.717) is 18.0 Å². The summed E-state index contributed by atoms with van der Waals surface area (Å²) < 4.78 is 2.03. The van der Waals surface area contributed by atoms with Crippen molar-refractivity contribution in [2.24, 2.45) is 0 Å². The summed E-state index contributed by atoms with van der Waals surface area (Å²) in [7, 11) is 0. The highest BCUT2D eigenvalue weighted by atomic mass is 35.5. The van der Waals surface area contributed by atoms with Crippen LogP contribution in [0.15, 0.2) is 24.4 Å². The Morgan fingerprint density at radius 3 is 2.95 bits per heavy atom. The number of alkyl halides is 1. The number of fused-ring (bicyclic) bond motifs is 1. The summed E-state index contributed by atoms with van der Waals surface area (Å²) in [6, 6.07) is 7.62. The van der Waals surface area contributed by atoms with Crippen LogP contribution >= 0.6 is 22.9 Å². The van der Waals surface area contributed by atoms with E-state index in [1.54, 1.807) is 17.4 Å². The molecule has 0 aliphatic carbocycles. The summed E-state index contributed by atoms with van der Waals surface area (Å²) in [5.74, 6) is 1.13. The number of nitrogens with zero attached hydrogens (tertiary/aromatic N) is 4. The highest BCUT2D eigenvalue weighted by Crippen LogP contribution is 2.22. The van der Waals surface area contributed by atoms with E-state index in [1.807, 2.05) is 29.8 Å². The third-order valence-corrected chi connectivity index (χ3v) is 4.17. The largest absolute Gasteiger partial charge is 0.320 e. The van der Waals surface area contributed by atoms with E-state index < -0.39 is 0 Å². The average molecular weight is 303 g/mol. The number of nitriles is 1. The molecule has 0 unspecified atom stereocenters. The van der Waals surface area contributed by atoms with Crippen molar-refractivity contribution in [2.75, 3.05) is 0 Å². The first-order valence-corrected chi connectivity index (χ1v) is 7.43. The van der Waals surface area contributed by atoms with E-state index in [-0.39, 0.29) is 0 Å². The molecule has 0 saturated carbocycles. The molecule has 0 saturated heterocycles. The Morgan fingerprint density at radius 2 is 2.30 bits per heavy atom. The Kier molecular flexibility index (Phi) is 3.43. The quantitative estimate of drug-likeness (QED) is 0.696. The normalized spacial score (nSPS) is 10.8. The number of hydrogen-bond donors (Lipinski definition) is 0. The van der Waals surface area contributed by atoms with Crippen LogP contribution in [0.1, 0.15) is 21.3 Å². The second kappa shape index (κ2) is 5.23. The summed E-state index contributed by atoms with van der Waals surface area (Å²) in [4.78, 5) is 10.1. The van der Waals surface area contributed by atoms with Gasteiger partial charge in [-0.3, -0.25) is 0 Å². The summed E-state index contributed by atoms with van der Waals surface area (Å²) in [6.07, 6.45) is 1.86. The van der Waals surface area contributed by atoms with Gasteiger partial charge in [-0.2, -0.15) is 5.26 Å². The maximum Gasteiger partial charge on any atom is 0.125 e. The van der Waals surface area contributed by atoms with E-state index in [2.05, 4.69) is 16.0 Å². The molecule has 1 aromatic carbocycles. The molecule has 0 spiro atoms. The molecule has 3 aromatic rings. The van der Waals surface area contributed by atoms with Gasteiger partial charge in [-0.15, -0.1) is 22.9 Å². The minimum Gasteiger partial charge on any atom is -0.320 e. The topological polar surface area (TPSA) is 54.5 Å². The predicted molar refractivity (Wildman–Crippen MR) is 80.0 cm³/mol. The molecule has 100 valence electrons. The van der Waals surface area contributed by atoms with Gasteiger partial charge in [0.1, 0.15) is 10.8 Å². The molecule has 0 N–H and O–H groups in total. The molecule has 0 fully saturated rings. The van der Waals surface area contributed by atoms with Crippen molar-refractivity contribution in [1.29, 1.82) is 5.26 Å². The van der Waals surface area contributed by atoms with Gasteiger partial charge in [0, 0.05) is 11.1 Å². The summed E-state index contributed by atoms with van der Waals surface area (Å²) in [5, 5.41) is 10.0. The van der Waals surface area contributed by atoms with Gasteiger partial charge in [-0.05, 0) is 25.1 Å². The molecule has 20 heavy (non-hydrogen) atoms. The SMILES string of the molecule is Cc1cnc(Cn2c(CCl)nc3ccc(C#N)cc32)s1. The van der Waals surface area contributed by atoms with Crippen molar-refractivity contribution in [3.63, 3.8) is 0 Å². The van der Waals surface area contributed by atoms with Crippen LogP contribution < -0.4 is 0 Å². The molecule has 3 rings (SSSR count). The lowest BCUT2D eigenvalue weighted by Gasteiger charge is -2.05. The molecule has 2 aromatic heterocycles. The lowest BCUT2D eigenvalue weighted by atomic mass is 10.2. The minimum atomic E-state index is 0.334. The number of thiazole rings is 1. The first-order valence-electron chi connectivity index (χ1n) is 6.08. The minimum absolute atomic E-state index is 0.334.